The highest BCUT2D eigenvalue weighted by molar-refractivity contribution is 5.94. The SMILES string of the molecule is CCNC(=NCc1ccc(C(=O)N(CC)CC)cc1)NCC(C)(O)c1cnn(C)c1. The number of guanidine groups is 1. The number of nitrogens with one attached hydrogen (secondary N) is 2. The van der Waals surface area contributed by atoms with Gasteiger partial charge in [0.15, 0.2) is 5.96 Å². The molecule has 0 aliphatic heterocycles. The summed E-state index contributed by atoms with van der Waals surface area (Å²) in [5.41, 5.74) is 1.35. The Morgan fingerprint density at radius 2 is 1.87 bits per heavy atom. The number of carbonyl (C=O) groups is 1. The molecule has 1 unspecified atom stereocenters. The van der Waals surface area contributed by atoms with Gasteiger partial charge >= 0.3 is 0 Å². The summed E-state index contributed by atoms with van der Waals surface area (Å²) in [6.07, 6.45) is 3.46. The minimum Gasteiger partial charge on any atom is -0.383 e. The van der Waals surface area contributed by atoms with E-state index < -0.39 is 5.60 Å². The molecular formula is C22H34N6O2. The second-order valence-corrected chi connectivity index (χ2v) is 7.40. The van der Waals surface area contributed by atoms with Gasteiger partial charge in [0.05, 0.1) is 19.3 Å². The van der Waals surface area contributed by atoms with Gasteiger partial charge in [0, 0.05) is 44.0 Å². The van der Waals surface area contributed by atoms with Gasteiger partial charge in [-0.1, -0.05) is 12.1 Å². The Hall–Kier alpha value is -2.87. The van der Waals surface area contributed by atoms with E-state index in [1.807, 2.05) is 52.1 Å². The predicted octanol–water partition coefficient (Wildman–Crippen LogP) is 1.86. The molecule has 8 heteroatoms. The third-order valence-corrected chi connectivity index (χ3v) is 4.94. The van der Waals surface area contributed by atoms with Crippen LogP contribution in [0.1, 0.15) is 49.2 Å². The molecule has 2 aromatic rings. The summed E-state index contributed by atoms with van der Waals surface area (Å²) in [4.78, 5) is 18.8. The van der Waals surface area contributed by atoms with Crippen LogP contribution < -0.4 is 10.6 Å². The molecule has 0 saturated carbocycles. The van der Waals surface area contributed by atoms with Crippen LogP contribution in [0.3, 0.4) is 0 Å². The monoisotopic (exact) mass is 414 g/mol. The number of aliphatic hydroxyl groups is 1. The van der Waals surface area contributed by atoms with Gasteiger partial charge in [-0.2, -0.15) is 5.10 Å². The van der Waals surface area contributed by atoms with E-state index in [9.17, 15) is 9.90 Å². The number of aliphatic imine (C=N–C) groups is 1. The first kappa shape index (κ1) is 23.4. The molecule has 1 atom stereocenters. The maximum atomic E-state index is 12.4. The van der Waals surface area contributed by atoms with E-state index in [-0.39, 0.29) is 5.91 Å². The molecule has 0 aliphatic rings. The molecule has 2 rings (SSSR count). The van der Waals surface area contributed by atoms with Crippen molar-refractivity contribution in [1.82, 2.24) is 25.3 Å². The molecule has 8 nitrogen and oxygen atoms in total. The molecule has 0 aliphatic carbocycles. The van der Waals surface area contributed by atoms with Gasteiger partial charge in [0.1, 0.15) is 5.60 Å². The summed E-state index contributed by atoms with van der Waals surface area (Å²) in [6, 6.07) is 7.54. The Morgan fingerprint density at radius 1 is 1.20 bits per heavy atom. The Balaban J connectivity index is 2.01. The topological polar surface area (TPSA) is 94.8 Å². The van der Waals surface area contributed by atoms with E-state index in [0.29, 0.717) is 44.2 Å². The van der Waals surface area contributed by atoms with Crippen molar-refractivity contribution in [3.05, 3.63) is 53.3 Å². The minimum absolute atomic E-state index is 0.0442. The summed E-state index contributed by atoms with van der Waals surface area (Å²) >= 11 is 0. The summed E-state index contributed by atoms with van der Waals surface area (Å²) in [7, 11) is 1.82. The van der Waals surface area contributed by atoms with Crippen molar-refractivity contribution >= 4 is 11.9 Å². The number of aromatic nitrogens is 2. The third kappa shape index (κ3) is 6.32. The van der Waals surface area contributed by atoms with Crippen molar-refractivity contribution in [3.63, 3.8) is 0 Å². The average molecular weight is 415 g/mol. The predicted molar refractivity (Wildman–Crippen MR) is 119 cm³/mol. The highest BCUT2D eigenvalue weighted by Gasteiger charge is 2.25. The lowest BCUT2D eigenvalue weighted by molar-refractivity contribution is 0.0616. The van der Waals surface area contributed by atoms with E-state index in [4.69, 9.17) is 0 Å². The van der Waals surface area contributed by atoms with Crippen molar-refractivity contribution in [2.24, 2.45) is 12.0 Å². The lowest BCUT2D eigenvalue weighted by atomic mass is 10.00. The highest BCUT2D eigenvalue weighted by atomic mass is 16.3. The molecule has 0 spiro atoms. The molecular weight excluding hydrogens is 380 g/mol. The van der Waals surface area contributed by atoms with E-state index >= 15 is 0 Å². The van der Waals surface area contributed by atoms with Crippen LogP contribution in [-0.4, -0.2) is 57.8 Å². The summed E-state index contributed by atoms with van der Waals surface area (Å²) in [5, 5.41) is 21.2. The summed E-state index contributed by atoms with van der Waals surface area (Å²) < 4.78 is 1.66. The van der Waals surface area contributed by atoms with Gasteiger partial charge in [-0.15, -0.1) is 0 Å². The van der Waals surface area contributed by atoms with Gasteiger partial charge in [0.25, 0.3) is 5.91 Å². The van der Waals surface area contributed by atoms with Crippen molar-refractivity contribution < 1.29 is 9.90 Å². The van der Waals surface area contributed by atoms with Crippen LogP contribution in [0, 0.1) is 0 Å². The fourth-order valence-corrected chi connectivity index (χ4v) is 3.02. The first-order valence-electron chi connectivity index (χ1n) is 10.4. The quantitative estimate of drug-likeness (QED) is 0.430. The number of hydrogen-bond donors (Lipinski definition) is 3. The van der Waals surface area contributed by atoms with Crippen molar-refractivity contribution in [2.75, 3.05) is 26.2 Å². The van der Waals surface area contributed by atoms with Crippen molar-refractivity contribution in [1.29, 1.82) is 0 Å². The van der Waals surface area contributed by atoms with Crippen LogP contribution >= 0.6 is 0 Å². The van der Waals surface area contributed by atoms with Crippen molar-refractivity contribution in [3.8, 4) is 0 Å². The molecule has 3 N–H and O–H groups in total. The van der Waals surface area contributed by atoms with Crippen molar-refractivity contribution in [2.45, 2.75) is 39.8 Å². The minimum atomic E-state index is -1.07. The number of nitrogens with zero attached hydrogens (tertiary/aromatic N) is 4. The zero-order valence-corrected chi connectivity index (χ0v) is 18.6. The highest BCUT2D eigenvalue weighted by Crippen LogP contribution is 2.18. The van der Waals surface area contributed by atoms with E-state index in [0.717, 1.165) is 11.1 Å². The fraction of sp³-hybridized carbons (Fsp3) is 0.500. The molecule has 30 heavy (non-hydrogen) atoms. The lowest BCUT2D eigenvalue weighted by Gasteiger charge is -2.23. The van der Waals surface area contributed by atoms with Gasteiger partial charge in [-0.05, 0) is 45.4 Å². The van der Waals surface area contributed by atoms with Crippen LogP contribution in [0.4, 0.5) is 0 Å². The van der Waals surface area contributed by atoms with Crippen LogP contribution in [0.5, 0.6) is 0 Å². The zero-order chi connectivity index (χ0) is 22.1. The molecule has 0 bridgehead atoms. The molecule has 164 valence electrons. The van der Waals surface area contributed by atoms with Gasteiger partial charge < -0.3 is 20.6 Å². The Kier molecular flexibility index (Phi) is 8.41. The van der Waals surface area contributed by atoms with Gasteiger partial charge in [0.2, 0.25) is 0 Å². The fourth-order valence-electron chi connectivity index (χ4n) is 3.02. The average Bonchev–Trinajstić information content (AvgIpc) is 3.18. The van der Waals surface area contributed by atoms with Crippen LogP contribution in [-0.2, 0) is 19.2 Å². The van der Waals surface area contributed by atoms with E-state index in [1.165, 1.54) is 0 Å². The first-order chi connectivity index (χ1) is 14.3. The lowest BCUT2D eigenvalue weighted by Crippen LogP contribution is -2.44. The van der Waals surface area contributed by atoms with Crippen LogP contribution in [0.15, 0.2) is 41.7 Å². The smallest absolute Gasteiger partial charge is 0.253 e. The Labute approximate surface area is 179 Å². The molecule has 0 saturated heterocycles. The molecule has 0 radical (unpaired) electrons. The largest absolute Gasteiger partial charge is 0.383 e. The molecule has 0 fully saturated rings. The number of hydrogen-bond acceptors (Lipinski definition) is 4. The zero-order valence-electron chi connectivity index (χ0n) is 18.6. The maximum absolute atomic E-state index is 12.4. The molecule has 1 amide bonds. The first-order valence-corrected chi connectivity index (χ1v) is 10.4. The number of aryl methyl sites for hydroxylation is 1. The third-order valence-electron chi connectivity index (χ3n) is 4.94. The number of carbonyl (C=O) groups excluding carboxylic acids is 1. The van der Waals surface area contributed by atoms with Crippen LogP contribution in [0.25, 0.3) is 0 Å². The number of rotatable bonds is 9. The Morgan fingerprint density at radius 3 is 2.40 bits per heavy atom. The van der Waals surface area contributed by atoms with E-state index in [1.54, 1.807) is 28.9 Å². The van der Waals surface area contributed by atoms with Gasteiger partial charge in [-0.3, -0.25) is 9.48 Å². The molecule has 1 aromatic heterocycles. The molecule has 1 heterocycles. The number of benzene rings is 1. The standard InChI is InChI=1S/C22H34N6O2/c1-6-23-21(25-16-22(4,30)19-14-26-27(5)15-19)24-13-17-9-11-18(12-10-17)20(29)28(7-2)8-3/h9-12,14-15,30H,6-8,13,16H2,1-5H3,(H2,23,24,25). The second-order valence-electron chi connectivity index (χ2n) is 7.40. The Bertz CT molecular complexity index is 838. The van der Waals surface area contributed by atoms with Gasteiger partial charge in [-0.25, -0.2) is 4.99 Å². The summed E-state index contributed by atoms with van der Waals surface area (Å²) in [6.45, 7) is 10.5. The molecule has 1 aromatic carbocycles. The van der Waals surface area contributed by atoms with E-state index in [2.05, 4.69) is 20.7 Å². The summed E-state index contributed by atoms with van der Waals surface area (Å²) in [5.74, 6) is 0.660. The second kappa shape index (κ2) is 10.8. The normalized spacial score (nSPS) is 13.6. The number of amides is 1. The van der Waals surface area contributed by atoms with Crippen LogP contribution in [0.2, 0.25) is 0 Å². The maximum Gasteiger partial charge on any atom is 0.253 e.